The molecule has 0 aliphatic carbocycles. The minimum Gasteiger partial charge on any atom is -0.497 e. The van der Waals surface area contributed by atoms with Crippen molar-refractivity contribution in [1.29, 1.82) is 0 Å². The number of nitrogen functional groups attached to an aromatic ring is 1. The highest BCUT2D eigenvalue weighted by atomic mass is 16.5. The number of nitrogens with zero attached hydrogens (tertiary/aromatic N) is 5. The number of nitrogens with two attached hydrogens (primary N) is 1. The highest BCUT2D eigenvalue weighted by Crippen LogP contribution is 2.18. The molecule has 1 fully saturated rings. The third-order valence-electron chi connectivity index (χ3n) is 5.09. The highest BCUT2D eigenvalue weighted by molar-refractivity contribution is 5.55. The van der Waals surface area contributed by atoms with E-state index in [9.17, 15) is 0 Å². The van der Waals surface area contributed by atoms with E-state index in [1.165, 1.54) is 5.56 Å². The standard InChI is InChI=1S/C23H27N7O/c1-31-20-9-7-19(8-10-20)25-23-27-21(26-22(24)28-23)17-30-15-13-29(14-16-30)12-11-18-5-3-2-4-6-18/h2-12H,13-17H2,1H3,(H3,24,25,26,27,28)/b12-11+. The van der Waals surface area contributed by atoms with E-state index >= 15 is 0 Å². The van der Waals surface area contributed by atoms with Crippen LogP contribution in [0.4, 0.5) is 17.6 Å². The quantitative estimate of drug-likeness (QED) is 0.606. The van der Waals surface area contributed by atoms with Crippen molar-refractivity contribution in [3.05, 3.63) is 72.2 Å². The fourth-order valence-corrected chi connectivity index (χ4v) is 3.39. The van der Waals surface area contributed by atoms with Gasteiger partial charge in [0, 0.05) is 31.9 Å². The Labute approximate surface area is 182 Å². The van der Waals surface area contributed by atoms with Gasteiger partial charge in [-0.2, -0.15) is 15.0 Å². The smallest absolute Gasteiger partial charge is 0.232 e. The summed E-state index contributed by atoms with van der Waals surface area (Å²) in [6.07, 6.45) is 4.32. The van der Waals surface area contributed by atoms with Crippen LogP contribution in [0.2, 0.25) is 0 Å². The first-order valence-corrected chi connectivity index (χ1v) is 10.3. The molecule has 31 heavy (non-hydrogen) atoms. The lowest BCUT2D eigenvalue weighted by atomic mass is 10.2. The molecular formula is C23H27N7O. The number of hydrogen-bond donors (Lipinski definition) is 2. The van der Waals surface area contributed by atoms with Crippen molar-refractivity contribution in [2.45, 2.75) is 6.54 Å². The maximum Gasteiger partial charge on any atom is 0.232 e. The normalized spacial score (nSPS) is 14.7. The van der Waals surface area contributed by atoms with Crippen LogP contribution in [0.25, 0.3) is 6.08 Å². The third kappa shape index (κ3) is 5.93. The lowest BCUT2D eigenvalue weighted by molar-refractivity contribution is 0.160. The topological polar surface area (TPSA) is 92.4 Å². The van der Waals surface area contributed by atoms with Crippen molar-refractivity contribution in [3.8, 4) is 5.75 Å². The summed E-state index contributed by atoms with van der Waals surface area (Å²) in [5.41, 5.74) is 7.99. The van der Waals surface area contributed by atoms with Gasteiger partial charge in [0.1, 0.15) is 11.6 Å². The van der Waals surface area contributed by atoms with Crippen molar-refractivity contribution < 1.29 is 4.74 Å². The number of hydrogen-bond acceptors (Lipinski definition) is 8. The van der Waals surface area contributed by atoms with E-state index in [4.69, 9.17) is 10.5 Å². The van der Waals surface area contributed by atoms with Gasteiger partial charge in [0.25, 0.3) is 0 Å². The maximum absolute atomic E-state index is 5.92. The SMILES string of the molecule is COc1ccc(Nc2nc(N)nc(CN3CCN(/C=C/c4ccccc4)CC3)n2)cc1. The summed E-state index contributed by atoms with van der Waals surface area (Å²) in [5, 5.41) is 3.18. The highest BCUT2D eigenvalue weighted by Gasteiger charge is 2.16. The Balaban J connectivity index is 1.32. The van der Waals surface area contributed by atoms with Crippen LogP contribution >= 0.6 is 0 Å². The molecule has 3 aromatic rings. The van der Waals surface area contributed by atoms with Gasteiger partial charge in [-0.25, -0.2) is 0 Å². The lowest BCUT2D eigenvalue weighted by Gasteiger charge is -2.33. The summed E-state index contributed by atoms with van der Waals surface area (Å²) in [4.78, 5) is 17.7. The molecule has 2 aromatic carbocycles. The second-order valence-corrected chi connectivity index (χ2v) is 7.33. The van der Waals surface area contributed by atoms with Gasteiger partial charge in [-0.05, 0) is 42.1 Å². The number of ether oxygens (including phenoxy) is 1. The molecule has 0 amide bonds. The molecule has 0 unspecified atom stereocenters. The van der Waals surface area contributed by atoms with Crippen LogP contribution in [0.5, 0.6) is 5.75 Å². The van der Waals surface area contributed by atoms with Crippen LogP contribution in [0.15, 0.2) is 60.8 Å². The summed E-state index contributed by atoms with van der Waals surface area (Å²) < 4.78 is 5.19. The molecule has 0 radical (unpaired) electrons. The summed E-state index contributed by atoms with van der Waals surface area (Å²) in [6.45, 7) is 4.43. The predicted octanol–water partition coefficient (Wildman–Crippen LogP) is 2.99. The molecule has 1 saturated heterocycles. The van der Waals surface area contributed by atoms with E-state index in [1.54, 1.807) is 7.11 Å². The van der Waals surface area contributed by atoms with Crippen LogP contribution in [0.1, 0.15) is 11.4 Å². The minimum absolute atomic E-state index is 0.213. The van der Waals surface area contributed by atoms with E-state index in [1.807, 2.05) is 30.3 Å². The molecule has 0 bridgehead atoms. The number of nitrogens with one attached hydrogen (secondary N) is 1. The van der Waals surface area contributed by atoms with Gasteiger partial charge < -0.3 is 20.7 Å². The number of rotatable bonds is 7. The Morgan fingerprint density at radius 2 is 1.71 bits per heavy atom. The maximum atomic E-state index is 5.92. The number of methoxy groups -OCH3 is 1. The molecule has 1 aliphatic rings. The molecule has 160 valence electrons. The van der Waals surface area contributed by atoms with Gasteiger partial charge in [0.05, 0.1) is 13.7 Å². The van der Waals surface area contributed by atoms with Gasteiger partial charge in [-0.15, -0.1) is 0 Å². The van der Waals surface area contributed by atoms with Crippen molar-refractivity contribution in [3.63, 3.8) is 0 Å². The number of benzene rings is 2. The zero-order valence-corrected chi connectivity index (χ0v) is 17.6. The van der Waals surface area contributed by atoms with E-state index in [2.05, 4.69) is 66.6 Å². The van der Waals surface area contributed by atoms with Gasteiger partial charge in [0.2, 0.25) is 11.9 Å². The Kier molecular flexibility index (Phi) is 6.59. The Morgan fingerprint density at radius 3 is 2.42 bits per heavy atom. The summed E-state index contributed by atoms with van der Waals surface area (Å²) in [7, 11) is 1.64. The molecule has 2 heterocycles. The molecular weight excluding hydrogens is 390 g/mol. The zero-order chi connectivity index (χ0) is 21.5. The fourth-order valence-electron chi connectivity index (χ4n) is 3.39. The monoisotopic (exact) mass is 417 g/mol. The number of aromatic nitrogens is 3. The van der Waals surface area contributed by atoms with Crippen molar-refractivity contribution in [2.24, 2.45) is 0 Å². The van der Waals surface area contributed by atoms with Gasteiger partial charge in [0.15, 0.2) is 0 Å². The molecule has 0 spiro atoms. The van der Waals surface area contributed by atoms with Gasteiger partial charge in [-0.1, -0.05) is 30.3 Å². The van der Waals surface area contributed by atoms with Gasteiger partial charge in [-0.3, -0.25) is 4.90 Å². The average Bonchev–Trinajstić information content (AvgIpc) is 2.79. The van der Waals surface area contributed by atoms with Crippen LogP contribution < -0.4 is 15.8 Å². The third-order valence-corrected chi connectivity index (χ3v) is 5.09. The molecule has 0 atom stereocenters. The summed E-state index contributed by atoms with van der Waals surface area (Å²) in [5.74, 6) is 2.11. The average molecular weight is 418 g/mol. The molecule has 1 aliphatic heterocycles. The van der Waals surface area contributed by atoms with Crippen LogP contribution in [0, 0.1) is 0 Å². The van der Waals surface area contributed by atoms with Crippen molar-refractivity contribution in [2.75, 3.05) is 44.3 Å². The lowest BCUT2D eigenvalue weighted by Crippen LogP contribution is -2.43. The first kappa shape index (κ1) is 20.6. The fraction of sp³-hybridized carbons (Fsp3) is 0.261. The van der Waals surface area contributed by atoms with Crippen molar-refractivity contribution >= 4 is 23.7 Å². The largest absolute Gasteiger partial charge is 0.497 e. The minimum atomic E-state index is 0.213. The van der Waals surface area contributed by atoms with E-state index in [0.29, 0.717) is 18.3 Å². The number of anilines is 3. The Bertz CT molecular complexity index is 1000. The summed E-state index contributed by atoms with van der Waals surface area (Å²) in [6, 6.07) is 17.9. The zero-order valence-electron chi connectivity index (χ0n) is 17.6. The second kappa shape index (κ2) is 9.90. The molecule has 3 N–H and O–H groups in total. The molecule has 0 saturated carbocycles. The molecule has 1 aromatic heterocycles. The van der Waals surface area contributed by atoms with E-state index in [0.717, 1.165) is 37.6 Å². The molecule has 8 heteroatoms. The second-order valence-electron chi connectivity index (χ2n) is 7.33. The molecule has 8 nitrogen and oxygen atoms in total. The summed E-state index contributed by atoms with van der Waals surface area (Å²) >= 11 is 0. The molecule has 4 rings (SSSR count). The van der Waals surface area contributed by atoms with E-state index in [-0.39, 0.29) is 5.95 Å². The van der Waals surface area contributed by atoms with Crippen LogP contribution in [-0.2, 0) is 6.54 Å². The van der Waals surface area contributed by atoms with E-state index < -0.39 is 0 Å². The Morgan fingerprint density at radius 1 is 0.968 bits per heavy atom. The first-order chi connectivity index (χ1) is 15.2. The Hall–Kier alpha value is -3.65. The van der Waals surface area contributed by atoms with Gasteiger partial charge >= 0.3 is 0 Å². The first-order valence-electron chi connectivity index (χ1n) is 10.3. The predicted molar refractivity (Wildman–Crippen MR) is 123 cm³/mol. The van der Waals surface area contributed by atoms with Crippen molar-refractivity contribution in [1.82, 2.24) is 24.8 Å². The van der Waals surface area contributed by atoms with Crippen LogP contribution in [0.3, 0.4) is 0 Å². The number of piperazine rings is 1. The van der Waals surface area contributed by atoms with Crippen LogP contribution in [-0.4, -0.2) is 58.0 Å².